The molecule has 3 rings (SSSR count). The molecule has 0 unspecified atom stereocenters. The second-order valence-electron chi connectivity index (χ2n) is 5.35. The van der Waals surface area contributed by atoms with Gasteiger partial charge in [0.05, 0.1) is 6.42 Å². The summed E-state index contributed by atoms with van der Waals surface area (Å²) in [7, 11) is 0. The van der Waals surface area contributed by atoms with Crippen molar-refractivity contribution >= 4 is 28.3 Å². The molecule has 2 nitrogen and oxygen atoms in total. The second-order valence-corrected chi connectivity index (χ2v) is 5.78. The lowest BCUT2D eigenvalue weighted by Crippen LogP contribution is -2.04. The van der Waals surface area contributed by atoms with Crippen LogP contribution in [0.4, 0.5) is 0 Å². The zero-order chi connectivity index (χ0) is 15.7. The molecule has 0 spiro atoms. The molecule has 0 aliphatic rings. The molecule has 0 saturated heterocycles. The predicted molar refractivity (Wildman–Crippen MR) is 90.5 cm³/mol. The lowest BCUT2D eigenvalue weighted by molar-refractivity contribution is -0.136. The molecule has 3 aromatic rings. The molecular weight excluding hydrogens is 296 g/mol. The van der Waals surface area contributed by atoms with Crippen LogP contribution in [0.15, 0.2) is 54.6 Å². The zero-order valence-corrected chi connectivity index (χ0v) is 12.9. The van der Waals surface area contributed by atoms with Crippen LogP contribution >= 0.6 is 11.6 Å². The van der Waals surface area contributed by atoms with Crippen LogP contribution in [-0.2, 0) is 11.2 Å². The van der Waals surface area contributed by atoms with Crippen LogP contribution in [0.25, 0.3) is 21.9 Å². The maximum atomic E-state index is 11.3. The minimum atomic E-state index is -0.825. The number of aliphatic carboxylic acids is 1. The molecule has 0 amide bonds. The number of carboxylic acid groups (broad SMARTS) is 1. The number of rotatable bonds is 3. The van der Waals surface area contributed by atoms with E-state index in [0.29, 0.717) is 5.02 Å². The minimum absolute atomic E-state index is 0.00856. The van der Waals surface area contributed by atoms with Gasteiger partial charge in [0.2, 0.25) is 0 Å². The molecule has 0 radical (unpaired) electrons. The summed E-state index contributed by atoms with van der Waals surface area (Å²) in [4.78, 5) is 11.3. The predicted octanol–water partition coefficient (Wildman–Crippen LogP) is 5.10. The van der Waals surface area contributed by atoms with Crippen molar-refractivity contribution in [1.82, 2.24) is 0 Å². The molecule has 1 N–H and O–H groups in total. The summed E-state index contributed by atoms with van der Waals surface area (Å²) in [5.41, 5.74) is 3.81. The van der Waals surface area contributed by atoms with Crippen LogP contribution in [0.5, 0.6) is 0 Å². The largest absolute Gasteiger partial charge is 0.481 e. The van der Waals surface area contributed by atoms with E-state index >= 15 is 0 Å². The number of hydrogen-bond acceptors (Lipinski definition) is 1. The molecular formula is C19H15ClO2. The average molecular weight is 311 g/mol. The lowest BCUT2D eigenvalue weighted by Gasteiger charge is -2.15. The third-order valence-corrected chi connectivity index (χ3v) is 4.09. The summed E-state index contributed by atoms with van der Waals surface area (Å²) in [5.74, 6) is -0.825. The Morgan fingerprint density at radius 3 is 2.45 bits per heavy atom. The normalized spacial score (nSPS) is 10.8. The Morgan fingerprint density at radius 1 is 1.09 bits per heavy atom. The maximum absolute atomic E-state index is 11.3. The number of carbonyl (C=O) groups is 1. The molecule has 0 atom stereocenters. The van der Waals surface area contributed by atoms with Crippen LogP contribution < -0.4 is 0 Å². The maximum Gasteiger partial charge on any atom is 0.307 e. The summed E-state index contributed by atoms with van der Waals surface area (Å²) >= 11 is 5.98. The Morgan fingerprint density at radius 2 is 1.77 bits per heavy atom. The fraction of sp³-hybridized carbons (Fsp3) is 0.105. The molecule has 22 heavy (non-hydrogen) atoms. The first-order chi connectivity index (χ1) is 10.6. The van der Waals surface area contributed by atoms with E-state index in [-0.39, 0.29) is 6.42 Å². The van der Waals surface area contributed by atoms with E-state index in [1.165, 1.54) is 0 Å². The SMILES string of the molecule is Cc1cc2ccccc2c(-c2ccc(Cl)cc2)c1CC(=O)O. The second kappa shape index (κ2) is 5.82. The van der Waals surface area contributed by atoms with Crippen molar-refractivity contribution in [2.24, 2.45) is 0 Å². The number of hydrogen-bond donors (Lipinski definition) is 1. The summed E-state index contributed by atoms with van der Waals surface area (Å²) < 4.78 is 0. The monoisotopic (exact) mass is 310 g/mol. The van der Waals surface area contributed by atoms with E-state index < -0.39 is 5.97 Å². The van der Waals surface area contributed by atoms with Gasteiger partial charge in [-0.25, -0.2) is 0 Å². The zero-order valence-electron chi connectivity index (χ0n) is 12.1. The number of halogens is 1. The van der Waals surface area contributed by atoms with Gasteiger partial charge < -0.3 is 5.11 Å². The topological polar surface area (TPSA) is 37.3 Å². The van der Waals surface area contributed by atoms with E-state index in [1.807, 2.05) is 61.5 Å². The van der Waals surface area contributed by atoms with Gasteiger partial charge in [-0.15, -0.1) is 0 Å². The van der Waals surface area contributed by atoms with E-state index in [9.17, 15) is 9.90 Å². The number of aryl methyl sites for hydroxylation is 1. The first-order valence-corrected chi connectivity index (χ1v) is 7.43. The molecule has 0 aliphatic carbocycles. The van der Waals surface area contributed by atoms with Crippen molar-refractivity contribution in [3.8, 4) is 11.1 Å². The highest BCUT2D eigenvalue weighted by molar-refractivity contribution is 6.30. The van der Waals surface area contributed by atoms with Crippen molar-refractivity contribution in [2.45, 2.75) is 13.3 Å². The Labute approximate surface area is 134 Å². The minimum Gasteiger partial charge on any atom is -0.481 e. The van der Waals surface area contributed by atoms with Gasteiger partial charge in [0.25, 0.3) is 0 Å². The van der Waals surface area contributed by atoms with Gasteiger partial charge in [0.15, 0.2) is 0 Å². The average Bonchev–Trinajstić information content (AvgIpc) is 2.49. The van der Waals surface area contributed by atoms with E-state index in [4.69, 9.17) is 11.6 Å². The van der Waals surface area contributed by atoms with Gasteiger partial charge in [-0.3, -0.25) is 4.79 Å². The molecule has 3 aromatic carbocycles. The van der Waals surface area contributed by atoms with Crippen molar-refractivity contribution in [3.63, 3.8) is 0 Å². The quantitative estimate of drug-likeness (QED) is 0.731. The van der Waals surface area contributed by atoms with Crippen LogP contribution in [0.1, 0.15) is 11.1 Å². The van der Waals surface area contributed by atoms with Crippen LogP contribution in [0, 0.1) is 6.92 Å². The molecule has 0 heterocycles. The summed E-state index contributed by atoms with van der Waals surface area (Å²) in [6.45, 7) is 1.96. The van der Waals surface area contributed by atoms with Crippen LogP contribution in [-0.4, -0.2) is 11.1 Å². The summed E-state index contributed by atoms with van der Waals surface area (Å²) in [6.07, 6.45) is 0.00856. The Hall–Kier alpha value is -2.32. The highest BCUT2D eigenvalue weighted by Crippen LogP contribution is 2.35. The smallest absolute Gasteiger partial charge is 0.307 e. The lowest BCUT2D eigenvalue weighted by atomic mass is 9.89. The molecule has 0 aromatic heterocycles. The number of benzene rings is 3. The van der Waals surface area contributed by atoms with Gasteiger partial charge in [0, 0.05) is 5.02 Å². The van der Waals surface area contributed by atoms with Gasteiger partial charge in [-0.2, -0.15) is 0 Å². The van der Waals surface area contributed by atoms with E-state index in [1.54, 1.807) is 0 Å². The molecule has 0 bridgehead atoms. The Balaban J connectivity index is 2.36. The Kier molecular flexibility index (Phi) is 3.86. The standard InChI is InChI=1S/C19H15ClO2/c1-12-10-14-4-2-3-5-16(14)19(17(12)11-18(21)22)13-6-8-15(20)9-7-13/h2-10H,11H2,1H3,(H,21,22). The highest BCUT2D eigenvalue weighted by atomic mass is 35.5. The van der Waals surface area contributed by atoms with Crippen molar-refractivity contribution < 1.29 is 9.90 Å². The number of fused-ring (bicyclic) bond motifs is 1. The van der Waals surface area contributed by atoms with Crippen LogP contribution in [0.2, 0.25) is 5.02 Å². The van der Waals surface area contributed by atoms with E-state index in [0.717, 1.165) is 33.0 Å². The first-order valence-electron chi connectivity index (χ1n) is 7.05. The third kappa shape index (κ3) is 2.70. The van der Waals surface area contributed by atoms with Gasteiger partial charge in [-0.1, -0.05) is 54.1 Å². The highest BCUT2D eigenvalue weighted by Gasteiger charge is 2.15. The van der Waals surface area contributed by atoms with Gasteiger partial charge >= 0.3 is 5.97 Å². The Bertz CT molecular complexity index is 851. The number of carboxylic acids is 1. The summed E-state index contributed by atoms with van der Waals surface area (Å²) in [6, 6.07) is 17.6. The first kappa shape index (κ1) is 14.6. The van der Waals surface area contributed by atoms with Crippen molar-refractivity contribution in [1.29, 1.82) is 0 Å². The van der Waals surface area contributed by atoms with Crippen LogP contribution in [0.3, 0.4) is 0 Å². The van der Waals surface area contributed by atoms with Crippen molar-refractivity contribution in [3.05, 3.63) is 70.7 Å². The van der Waals surface area contributed by atoms with E-state index in [2.05, 4.69) is 0 Å². The summed E-state index contributed by atoms with van der Waals surface area (Å²) in [5, 5.41) is 12.1. The van der Waals surface area contributed by atoms with Gasteiger partial charge in [0.1, 0.15) is 0 Å². The molecule has 110 valence electrons. The fourth-order valence-electron chi connectivity index (χ4n) is 2.86. The van der Waals surface area contributed by atoms with Gasteiger partial charge in [-0.05, 0) is 52.1 Å². The fourth-order valence-corrected chi connectivity index (χ4v) is 2.98. The molecule has 3 heteroatoms. The van der Waals surface area contributed by atoms with Crippen molar-refractivity contribution in [2.75, 3.05) is 0 Å². The molecule has 0 aliphatic heterocycles. The third-order valence-electron chi connectivity index (χ3n) is 3.84. The molecule has 0 fully saturated rings. The molecule has 0 saturated carbocycles.